The van der Waals surface area contributed by atoms with Crippen LogP contribution in [-0.2, 0) is 6.18 Å². The van der Waals surface area contributed by atoms with Crippen molar-refractivity contribution in [3.8, 4) is 11.3 Å². The lowest BCUT2D eigenvalue weighted by Gasteiger charge is -2.17. The first kappa shape index (κ1) is 22.3. The van der Waals surface area contributed by atoms with Gasteiger partial charge < -0.3 is 10.6 Å². The van der Waals surface area contributed by atoms with E-state index in [4.69, 9.17) is 0 Å². The minimum Gasteiger partial charge on any atom is -0.385 e. The Kier molecular flexibility index (Phi) is 6.31. The van der Waals surface area contributed by atoms with Gasteiger partial charge in [0, 0.05) is 40.6 Å². The fraction of sp³-hybridized carbons (Fsp3) is 0.154. The number of rotatable bonds is 7. The zero-order valence-electron chi connectivity index (χ0n) is 18.1. The number of benzene rings is 2. The van der Waals surface area contributed by atoms with Crippen LogP contribution in [0.5, 0.6) is 0 Å². The number of pyridine rings is 2. The standard InChI is InChI=1S/C26H23F3N4/c1-3-14-30-22-13-7-5-10-19(22)17(2)32-25-24-18(9-8-15-31-24)16-23(33-25)20-11-4-6-12-21(20)26(27,28)29/h4-13,15-16,30H,2-3,14H2,1H3,(H,32,33). The Labute approximate surface area is 190 Å². The van der Waals surface area contributed by atoms with E-state index in [1.807, 2.05) is 24.3 Å². The Balaban J connectivity index is 1.80. The number of hydrogen-bond donors (Lipinski definition) is 2. The summed E-state index contributed by atoms with van der Waals surface area (Å²) in [5.41, 5.74) is 2.34. The fourth-order valence-corrected chi connectivity index (χ4v) is 3.63. The smallest absolute Gasteiger partial charge is 0.385 e. The van der Waals surface area contributed by atoms with Crippen molar-refractivity contribution in [2.75, 3.05) is 17.2 Å². The first-order chi connectivity index (χ1) is 15.9. The van der Waals surface area contributed by atoms with Gasteiger partial charge in [0.05, 0.1) is 11.3 Å². The highest BCUT2D eigenvalue weighted by molar-refractivity contribution is 5.95. The molecule has 4 aromatic rings. The van der Waals surface area contributed by atoms with E-state index in [0.29, 0.717) is 22.4 Å². The topological polar surface area (TPSA) is 49.8 Å². The zero-order valence-corrected chi connectivity index (χ0v) is 18.1. The maximum Gasteiger partial charge on any atom is 0.417 e. The monoisotopic (exact) mass is 448 g/mol. The van der Waals surface area contributed by atoms with E-state index >= 15 is 0 Å². The van der Waals surface area contributed by atoms with E-state index in [2.05, 4.69) is 34.1 Å². The number of nitrogens with zero attached hydrogens (tertiary/aromatic N) is 2. The SMILES string of the molecule is C=C(Nc1nc(-c2ccccc2C(F)(F)F)cc2cccnc12)c1ccccc1NCCC. The highest BCUT2D eigenvalue weighted by Gasteiger charge is 2.33. The van der Waals surface area contributed by atoms with Gasteiger partial charge in [-0.3, -0.25) is 4.98 Å². The van der Waals surface area contributed by atoms with Crippen LogP contribution in [0.2, 0.25) is 0 Å². The molecule has 0 fully saturated rings. The third kappa shape index (κ3) is 4.82. The number of hydrogen-bond acceptors (Lipinski definition) is 4. The van der Waals surface area contributed by atoms with Crippen LogP contribution >= 0.6 is 0 Å². The lowest BCUT2D eigenvalue weighted by Crippen LogP contribution is -2.09. The molecule has 4 nitrogen and oxygen atoms in total. The molecule has 2 N–H and O–H groups in total. The molecule has 0 radical (unpaired) electrons. The van der Waals surface area contributed by atoms with Gasteiger partial charge >= 0.3 is 6.18 Å². The van der Waals surface area contributed by atoms with E-state index in [0.717, 1.165) is 30.3 Å². The average Bonchev–Trinajstić information content (AvgIpc) is 2.82. The second-order valence-corrected chi connectivity index (χ2v) is 7.55. The summed E-state index contributed by atoms with van der Waals surface area (Å²) in [4.78, 5) is 8.95. The molecule has 0 aliphatic rings. The Morgan fingerprint density at radius 3 is 2.55 bits per heavy atom. The van der Waals surface area contributed by atoms with E-state index in [1.54, 1.807) is 30.5 Å². The molecule has 0 saturated heterocycles. The van der Waals surface area contributed by atoms with Gasteiger partial charge in [0.15, 0.2) is 5.82 Å². The summed E-state index contributed by atoms with van der Waals surface area (Å²) in [6.07, 6.45) is -1.91. The van der Waals surface area contributed by atoms with Crippen LogP contribution in [0.15, 0.2) is 79.5 Å². The van der Waals surface area contributed by atoms with Crippen LogP contribution in [0, 0.1) is 0 Å². The van der Waals surface area contributed by atoms with Crippen LogP contribution < -0.4 is 10.6 Å². The van der Waals surface area contributed by atoms with Crippen LogP contribution in [0.3, 0.4) is 0 Å². The molecule has 0 aliphatic heterocycles. The van der Waals surface area contributed by atoms with Crippen LogP contribution in [-0.4, -0.2) is 16.5 Å². The third-order valence-electron chi connectivity index (χ3n) is 5.18. The van der Waals surface area contributed by atoms with Gasteiger partial charge in [-0.1, -0.05) is 56.0 Å². The van der Waals surface area contributed by atoms with Gasteiger partial charge in [-0.15, -0.1) is 0 Å². The molecule has 0 atom stereocenters. The summed E-state index contributed by atoms with van der Waals surface area (Å²) in [7, 11) is 0. The number of alkyl halides is 3. The number of halogens is 3. The van der Waals surface area contributed by atoms with Crippen molar-refractivity contribution in [2.45, 2.75) is 19.5 Å². The van der Waals surface area contributed by atoms with Crippen molar-refractivity contribution in [2.24, 2.45) is 0 Å². The van der Waals surface area contributed by atoms with Crippen LogP contribution in [0.25, 0.3) is 27.9 Å². The predicted molar refractivity (Wildman–Crippen MR) is 128 cm³/mol. The molecule has 2 aromatic carbocycles. The van der Waals surface area contributed by atoms with E-state index in [1.165, 1.54) is 12.1 Å². The van der Waals surface area contributed by atoms with E-state index < -0.39 is 11.7 Å². The summed E-state index contributed by atoms with van der Waals surface area (Å²) >= 11 is 0. The molecular weight excluding hydrogens is 425 g/mol. The first-order valence-electron chi connectivity index (χ1n) is 10.6. The molecule has 0 unspecified atom stereocenters. The maximum absolute atomic E-state index is 13.6. The zero-order chi connectivity index (χ0) is 23.4. The fourth-order valence-electron chi connectivity index (χ4n) is 3.63. The van der Waals surface area contributed by atoms with Gasteiger partial charge in [0.2, 0.25) is 0 Å². The van der Waals surface area contributed by atoms with Crippen molar-refractivity contribution in [3.05, 3.63) is 90.6 Å². The summed E-state index contributed by atoms with van der Waals surface area (Å²) in [5, 5.41) is 7.24. The van der Waals surface area contributed by atoms with Crippen molar-refractivity contribution in [1.29, 1.82) is 0 Å². The minimum absolute atomic E-state index is 0.00873. The van der Waals surface area contributed by atoms with Gasteiger partial charge in [-0.05, 0) is 30.7 Å². The Morgan fingerprint density at radius 1 is 1.00 bits per heavy atom. The quantitative estimate of drug-likeness (QED) is 0.313. The number of nitrogens with one attached hydrogen (secondary N) is 2. The molecule has 0 amide bonds. The molecule has 2 aromatic heterocycles. The lowest BCUT2D eigenvalue weighted by molar-refractivity contribution is -0.137. The lowest BCUT2D eigenvalue weighted by atomic mass is 10.0. The third-order valence-corrected chi connectivity index (χ3v) is 5.18. The summed E-state index contributed by atoms with van der Waals surface area (Å²) in [5.74, 6) is 0.343. The first-order valence-corrected chi connectivity index (χ1v) is 10.6. The van der Waals surface area contributed by atoms with Crippen molar-refractivity contribution >= 4 is 28.1 Å². The molecular formula is C26H23F3N4. The van der Waals surface area contributed by atoms with Crippen molar-refractivity contribution in [1.82, 2.24) is 9.97 Å². The Bertz CT molecular complexity index is 1300. The molecule has 168 valence electrons. The van der Waals surface area contributed by atoms with E-state index in [9.17, 15) is 13.2 Å². The molecule has 2 heterocycles. The number of para-hydroxylation sites is 1. The van der Waals surface area contributed by atoms with E-state index in [-0.39, 0.29) is 11.3 Å². The number of anilines is 2. The highest BCUT2D eigenvalue weighted by Crippen LogP contribution is 2.38. The Hall–Kier alpha value is -3.87. The molecule has 0 bridgehead atoms. The predicted octanol–water partition coefficient (Wildman–Crippen LogP) is 7.22. The normalized spacial score (nSPS) is 11.4. The average molecular weight is 448 g/mol. The molecule has 33 heavy (non-hydrogen) atoms. The van der Waals surface area contributed by atoms with Crippen LogP contribution in [0.4, 0.5) is 24.7 Å². The molecule has 0 saturated carbocycles. The number of aromatic nitrogens is 2. The molecule has 7 heteroatoms. The second-order valence-electron chi connectivity index (χ2n) is 7.55. The highest BCUT2D eigenvalue weighted by atomic mass is 19.4. The number of fused-ring (bicyclic) bond motifs is 1. The molecule has 4 rings (SSSR count). The summed E-state index contributed by atoms with van der Waals surface area (Å²) < 4.78 is 40.9. The van der Waals surface area contributed by atoms with Crippen molar-refractivity contribution < 1.29 is 13.2 Å². The maximum atomic E-state index is 13.6. The summed E-state index contributed by atoms with van der Waals surface area (Å²) in [6.45, 7) is 7.04. The molecule has 0 spiro atoms. The van der Waals surface area contributed by atoms with Gasteiger partial charge in [-0.25, -0.2) is 4.98 Å². The van der Waals surface area contributed by atoms with Crippen LogP contribution in [0.1, 0.15) is 24.5 Å². The second kappa shape index (κ2) is 9.32. The minimum atomic E-state index is -4.50. The van der Waals surface area contributed by atoms with Crippen molar-refractivity contribution in [3.63, 3.8) is 0 Å². The van der Waals surface area contributed by atoms with Gasteiger partial charge in [0.1, 0.15) is 5.52 Å². The largest absolute Gasteiger partial charge is 0.417 e. The van der Waals surface area contributed by atoms with Gasteiger partial charge in [-0.2, -0.15) is 13.2 Å². The molecule has 0 aliphatic carbocycles. The Morgan fingerprint density at radius 2 is 1.76 bits per heavy atom. The summed E-state index contributed by atoms with van der Waals surface area (Å²) in [6, 6.07) is 18.3. The van der Waals surface area contributed by atoms with Gasteiger partial charge in [0.25, 0.3) is 0 Å².